The molecule has 2 heterocycles. The molecule has 2 aromatic carbocycles. The van der Waals surface area contributed by atoms with Gasteiger partial charge in [-0.25, -0.2) is 9.97 Å². The van der Waals surface area contributed by atoms with Crippen molar-refractivity contribution in [3.8, 4) is 11.4 Å². The van der Waals surface area contributed by atoms with Crippen molar-refractivity contribution in [3.63, 3.8) is 0 Å². The van der Waals surface area contributed by atoms with E-state index in [1.807, 2.05) is 72.8 Å². The largest absolute Gasteiger partial charge is 0.396 e. The summed E-state index contributed by atoms with van der Waals surface area (Å²) in [6.07, 6.45) is 2.49. The third kappa shape index (κ3) is 4.15. The number of hydrogen-bond donors (Lipinski definition) is 2. The van der Waals surface area contributed by atoms with Crippen molar-refractivity contribution in [2.45, 2.75) is 6.42 Å². The Balaban J connectivity index is 1.60. The van der Waals surface area contributed by atoms with Gasteiger partial charge in [0.1, 0.15) is 5.82 Å². The highest BCUT2D eigenvalue weighted by molar-refractivity contribution is 5.90. The summed E-state index contributed by atoms with van der Waals surface area (Å²) in [4.78, 5) is 13.8. The van der Waals surface area contributed by atoms with Gasteiger partial charge in [-0.15, -0.1) is 0 Å². The maximum absolute atomic E-state index is 9.81. The monoisotopic (exact) mass is 370 g/mol. The van der Waals surface area contributed by atoms with E-state index in [0.717, 1.165) is 28.0 Å². The van der Waals surface area contributed by atoms with Crippen molar-refractivity contribution < 1.29 is 5.11 Å². The Morgan fingerprint density at radius 3 is 2.43 bits per heavy atom. The molecule has 28 heavy (non-hydrogen) atoms. The molecule has 2 aromatic heterocycles. The first-order valence-electron chi connectivity index (χ1n) is 9.40. The molecule has 2 N–H and O–H groups in total. The lowest BCUT2D eigenvalue weighted by Crippen LogP contribution is -2.21. The van der Waals surface area contributed by atoms with Crippen LogP contribution in [0.2, 0.25) is 0 Å². The van der Waals surface area contributed by atoms with Crippen LogP contribution in [0.3, 0.4) is 0 Å². The quantitative estimate of drug-likeness (QED) is 0.515. The van der Waals surface area contributed by atoms with Crippen LogP contribution in [0.1, 0.15) is 5.69 Å². The molecule has 0 radical (unpaired) electrons. The molecule has 0 aliphatic carbocycles. The number of fused-ring (bicyclic) bond motifs is 1. The summed E-state index contributed by atoms with van der Waals surface area (Å²) in [5.41, 5.74) is 2.84. The lowest BCUT2D eigenvalue weighted by molar-refractivity contribution is 0.232. The van der Waals surface area contributed by atoms with E-state index in [9.17, 15) is 5.11 Å². The lowest BCUT2D eigenvalue weighted by atomic mass is 10.0. The second-order valence-electron chi connectivity index (χ2n) is 6.73. The molecule has 4 aromatic rings. The average molecular weight is 370 g/mol. The molecule has 4 rings (SSSR count). The van der Waals surface area contributed by atoms with E-state index >= 15 is 0 Å². The van der Waals surface area contributed by atoms with Crippen molar-refractivity contribution in [1.29, 1.82) is 0 Å². The molecule has 140 valence electrons. The fourth-order valence-electron chi connectivity index (χ4n) is 3.18. The summed E-state index contributed by atoms with van der Waals surface area (Å²) < 4.78 is 0. The molecule has 0 saturated carbocycles. The first kappa shape index (κ1) is 18.1. The predicted molar refractivity (Wildman–Crippen MR) is 112 cm³/mol. The minimum atomic E-state index is 0.0452. The van der Waals surface area contributed by atoms with Crippen molar-refractivity contribution in [2.75, 3.05) is 18.5 Å². The zero-order valence-electron chi connectivity index (χ0n) is 15.5. The van der Waals surface area contributed by atoms with Gasteiger partial charge in [0, 0.05) is 41.9 Å². The summed E-state index contributed by atoms with van der Waals surface area (Å²) >= 11 is 0. The normalized spacial score (nSPS) is 12.0. The van der Waals surface area contributed by atoms with Crippen molar-refractivity contribution >= 4 is 16.7 Å². The molecule has 0 aliphatic rings. The molecule has 0 spiro atoms. The van der Waals surface area contributed by atoms with Crippen LogP contribution < -0.4 is 5.32 Å². The Morgan fingerprint density at radius 1 is 0.857 bits per heavy atom. The maximum Gasteiger partial charge on any atom is 0.162 e. The number of aliphatic hydroxyl groups is 1. The molecule has 0 amide bonds. The average Bonchev–Trinajstić information content (AvgIpc) is 2.77. The fraction of sp³-hybridized carbons (Fsp3) is 0.174. The van der Waals surface area contributed by atoms with Gasteiger partial charge in [-0.05, 0) is 30.7 Å². The summed E-state index contributed by atoms with van der Waals surface area (Å²) in [6.45, 7) is 0.681. The number of anilines is 1. The molecule has 1 atom stereocenters. The molecule has 5 heteroatoms. The highest BCUT2D eigenvalue weighted by atomic mass is 16.3. The highest BCUT2D eigenvalue weighted by Gasteiger charge is 2.13. The maximum atomic E-state index is 9.81. The number of para-hydroxylation sites is 1. The van der Waals surface area contributed by atoms with Gasteiger partial charge in [-0.1, -0.05) is 48.5 Å². The first-order valence-corrected chi connectivity index (χ1v) is 9.40. The van der Waals surface area contributed by atoms with E-state index in [4.69, 9.17) is 9.97 Å². The SMILES string of the molecule is OCC(CNc1nc(-c2ccccc2)nc2ccccc12)Cc1ccccn1. The van der Waals surface area contributed by atoms with Gasteiger partial charge in [-0.3, -0.25) is 4.98 Å². The summed E-state index contributed by atoms with van der Waals surface area (Å²) in [5.74, 6) is 1.51. The Bertz CT molecular complexity index is 1040. The number of aliphatic hydroxyl groups excluding tert-OH is 1. The number of hydrogen-bond acceptors (Lipinski definition) is 5. The first-order chi connectivity index (χ1) is 13.8. The lowest BCUT2D eigenvalue weighted by Gasteiger charge is -2.16. The van der Waals surface area contributed by atoms with E-state index < -0.39 is 0 Å². The van der Waals surface area contributed by atoms with Crippen LogP contribution in [0.15, 0.2) is 79.0 Å². The van der Waals surface area contributed by atoms with Crippen LogP contribution >= 0.6 is 0 Å². The van der Waals surface area contributed by atoms with Crippen LogP contribution in [-0.2, 0) is 6.42 Å². The molecule has 5 nitrogen and oxygen atoms in total. The molecule has 0 fully saturated rings. The van der Waals surface area contributed by atoms with Crippen LogP contribution in [0.25, 0.3) is 22.3 Å². The molecular formula is C23H22N4O. The summed E-state index contributed by atoms with van der Waals surface area (Å²) in [6, 6.07) is 23.8. The van der Waals surface area contributed by atoms with E-state index in [2.05, 4.69) is 10.3 Å². The van der Waals surface area contributed by atoms with E-state index in [1.54, 1.807) is 6.20 Å². The van der Waals surface area contributed by atoms with Gasteiger partial charge in [0.25, 0.3) is 0 Å². The fourth-order valence-corrected chi connectivity index (χ4v) is 3.18. The van der Waals surface area contributed by atoms with Crippen LogP contribution in [0.5, 0.6) is 0 Å². The topological polar surface area (TPSA) is 70.9 Å². The molecule has 1 unspecified atom stereocenters. The molecule has 0 bridgehead atoms. The summed E-state index contributed by atoms with van der Waals surface area (Å²) in [7, 11) is 0. The van der Waals surface area contributed by atoms with Gasteiger partial charge >= 0.3 is 0 Å². The van der Waals surface area contributed by atoms with Gasteiger partial charge in [0.15, 0.2) is 5.82 Å². The minimum absolute atomic E-state index is 0.0452. The zero-order valence-corrected chi connectivity index (χ0v) is 15.5. The van der Waals surface area contributed by atoms with E-state index in [-0.39, 0.29) is 12.5 Å². The molecular weight excluding hydrogens is 348 g/mol. The summed E-state index contributed by atoms with van der Waals surface area (Å²) in [5, 5.41) is 14.2. The van der Waals surface area contributed by atoms with Crippen LogP contribution in [-0.4, -0.2) is 33.2 Å². The number of pyridine rings is 1. The van der Waals surface area contributed by atoms with Crippen molar-refractivity contribution in [3.05, 3.63) is 84.7 Å². The third-order valence-electron chi connectivity index (χ3n) is 4.68. The molecule has 0 aliphatic heterocycles. The number of nitrogens with zero attached hydrogens (tertiary/aromatic N) is 3. The van der Waals surface area contributed by atoms with Gasteiger partial charge in [-0.2, -0.15) is 0 Å². The van der Waals surface area contributed by atoms with E-state index in [0.29, 0.717) is 18.8 Å². The third-order valence-corrected chi connectivity index (χ3v) is 4.68. The van der Waals surface area contributed by atoms with Gasteiger partial charge in [0.05, 0.1) is 5.52 Å². The molecule has 0 saturated heterocycles. The highest BCUT2D eigenvalue weighted by Crippen LogP contribution is 2.25. The van der Waals surface area contributed by atoms with Crippen molar-refractivity contribution in [1.82, 2.24) is 15.0 Å². The van der Waals surface area contributed by atoms with Crippen LogP contribution in [0, 0.1) is 5.92 Å². The second kappa shape index (κ2) is 8.59. The standard InChI is InChI=1S/C23H22N4O/c28-16-17(14-19-10-6-7-13-24-19)15-25-23-20-11-4-5-12-21(20)26-22(27-23)18-8-2-1-3-9-18/h1-13,17,28H,14-16H2,(H,25,26,27). The minimum Gasteiger partial charge on any atom is -0.396 e. The number of aromatic nitrogens is 3. The second-order valence-corrected chi connectivity index (χ2v) is 6.73. The smallest absolute Gasteiger partial charge is 0.162 e. The van der Waals surface area contributed by atoms with E-state index in [1.165, 1.54) is 0 Å². The Labute approximate surface area is 164 Å². The Hall–Kier alpha value is -3.31. The van der Waals surface area contributed by atoms with Crippen molar-refractivity contribution in [2.24, 2.45) is 5.92 Å². The van der Waals surface area contributed by atoms with Crippen LogP contribution in [0.4, 0.5) is 5.82 Å². The van der Waals surface area contributed by atoms with Gasteiger partial charge < -0.3 is 10.4 Å². The Morgan fingerprint density at radius 2 is 1.64 bits per heavy atom. The zero-order chi connectivity index (χ0) is 19.2. The predicted octanol–water partition coefficient (Wildman–Crippen LogP) is 3.95. The van der Waals surface area contributed by atoms with Gasteiger partial charge in [0.2, 0.25) is 0 Å². The number of benzene rings is 2. The Kier molecular flexibility index (Phi) is 5.54. The number of nitrogens with one attached hydrogen (secondary N) is 1. The number of rotatable bonds is 7.